The molecule has 0 aliphatic carbocycles. The fourth-order valence-electron chi connectivity index (χ4n) is 1.57. The van der Waals surface area contributed by atoms with Crippen molar-refractivity contribution in [1.29, 1.82) is 0 Å². The minimum Gasteiger partial charge on any atom is -0.469 e. The van der Waals surface area contributed by atoms with Crippen LogP contribution in [0.3, 0.4) is 0 Å². The average Bonchev–Trinajstić information content (AvgIpc) is 2.90. The lowest BCUT2D eigenvalue weighted by Crippen LogP contribution is -2.08. The van der Waals surface area contributed by atoms with Crippen LogP contribution >= 0.6 is 0 Å². The van der Waals surface area contributed by atoms with Crippen LogP contribution in [0, 0.1) is 0 Å². The van der Waals surface area contributed by atoms with Crippen molar-refractivity contribution in [3.8, 4) is 0 Å². The molecule has 18 heavy (non-hydrogen) atoms. The third-order valence-electron chi connectivity index (χ3n) is 2.48. The lowest BCUT2D eigenvalue weighted by molar-refractivity contribution is 0.513. The molecule has 0 saturated carbocycles. The number of aromatic nitrogens is 2. The molecule has 96 valence electrons. The van der Waals surface area contributed by atoms with Gasteiger partial charge in [0.15, 0.2) is 0 Å². The van der Waals surface area contributed by atoms with Gasteiger partial charge in [0.25, 0.3) is 0 Å². The van der Waals surface area contributed by atoms with E-state index < -0.39 is 0 Å². The van der Waals surface area contributed by atoms with Gasteiger partial charge in [0.05, 0.1) is 6.26 Å². The molecule has 2 aromatic heterocycles. The summed E-state index contributed by atoms with van der Waals surface area (Å²) in [6.45, 7) is 3.83. The van der Waals surface area contributed by atoms with E-state index in [2.05, 4.69) is 27.5 Å². The largest absolute Gasteiger partial charge is 0.469 e. The highest BCUT2D eigenvalue weighted by Crippen LogP contribution is 2.09. The summed E-state index contributed by atoms with van der Waals surface area (Å²) in [5, 5.41) is 6.48. The van der Waals surface area contributed by atoms with Crippen LogP contribution in [-0.4, -0.2) is 23.1 Å². The van der Waals surface area contributed by atoms with Gasteiger partial charge < -0.3 is 15.1 Å². The Hall–Kier alpha value is -2.04. The SMILES string of the molecule is CCCNc1cc(NCCc2ccco2)ncn1. The molecule has 0 aliphatic heterocycles. The molecule has 0 atom stereocenters. The monoisotopic (exact) mass is 246 g/mol. The van der Waals surface area contributed by atoms with E-state index in [-0.39, 0.29) is 0 Å². The highest BCUT2D eigenvalue weighted by atomic mass is 16.3. The molecule has 2 aromatic rings. The minimum absolute atomic E-state index is 0.789. The summed E-state index contributed by atoms with van der Waals surface area (Å²) in [5.41, 5.74) is 0. The summed E-state index contributed by atoms with van der Waals surface area (Å²) in [5.74, 6) is 2.66. The lowest BCUT2D eigenvalue weighted by atomic mass is 10.3. The van der Waals surface area contributed by atoms with Crippen LogP contribution in [-0.2, 0) is 6.42 Å². The van der Waals surface area contributed by atoms with Crippen LogP contribution in [0.15, 0.2) is 35.2 Å². The van der Waals surface area contributed by atoms with Crippen molar-refractivity contribution < 1.29 is 4.42 Å². The molecule has 0 radical (unpaired) electrons. The molecule has 5 nitrogen and oxygen atoms in total. The van der Waals surface area contributed by atoms with Gasteiger partial charge in [-0.3, -0.25) is 0 Å². The molecule has 0 saturated heterocycles. The van der Waals surface area contributed by atoms with Gasteiger partial charge in [-0.25, -0.2) is 9.97 Å². The van der Waals surface area contributed by atoms with Crippen LogP contribution in [0.2, 0.25) is 0 Å². The Morgan fingerprint density at radius 2 is 1.94 bits per heavy atom. The molecule has 0 amide bonds. The number of anilines is 2. The van der Waals surface area contributed by atoms with Crippen molar-refractivity contribution in [3.63, 3.8) is 0 Å². The molecule has 2 rings (SSSR count). The van der Waals surface area contributed by atoms with Gasteiger partial charge >= 0.3 is 0 Å². The zero-order chi connectivity index (χ0) is 12.6. The van der Waals surface area contributed by atoms with Gasteiger partial charge in [-0.05, 0) is 18.6 Å². The zero-order valence-corrected chi connectivity index (χ0v) is 10.5. The van der Waals surface area contributed by atoms with Crippen molar-refractivity contribution in [2.75, 3.05) is 23.7 Å². The predicted molar refractivity (Wildman–Crippen MR) is 71.7 cm³/mol. The van der Waals surface area contributed by atoms with E-state index >= 15 is 0 Å². The quantitative estimate of drug-likeness (QED) is 0.786. The Morgan fingerprint density at radius 1 is 1.17 bits per heavy atom. The Kier molecular flexibility index (Phi) is 4.58. The summed E-state index contributed by atoms with van der Waals surface area (Å²) < 4.78 is 5.26. The smallest absolute Gasteiger partial charge is 0.131 e. The number of furan rings is 1. The molecule has 2 N–H and O–H groups in total. The fraction of sp³-hybridized carbons (Fsp3) is 0.385. The highest BCUT2D eigenvalue weighted by Gasteiger charge is 1.99. The number of rotatable bonds is 7. The van der Waals surface area contributed by atoms with E-state index in [1.165, 1.54) is 0 Å². The molecular formula is C13H18N4O. The van der Waals surface area contributed by atoms with E-state index in [1.54, 1.807) is 12.6 Å². The van der Waals surface area contributed by atoms with Crippen molar-refractivity contribution in [1.82, 2.24) is 9.97 Å². The molecular weight excluding hydrogens is 228 g/mol. The van der Waals surface area contributed by atoms with Crippen molar-refractivity contribution in [3.05, 3.63) is 36.5 Å². The number of nitrogens with one attached hydrogen (secondary N) is 2. The van der Waals surface area contributed by atoms with E-state index in [0.717, 1.165) is 43.3 Å². The second-order valence-electron chi connectivity index (χ2n) is 3.97. The molecule has 0 unspecified atom stereocenters. The Bertz CT molecular complexity index is 456. The van der Waals surface area contributed by atoms with Gasteiger partial charge in [0, 0.05) is 25.6 Å². The van der Waals surface area contributed by atoms with Crippen LogP contribution in [0.1, 0.15) is 19.1 Å². The minimum atomic E-state index is 0.789. The van der Waals surface area contributed by atoms with Crippen LogP contribution < -0.4 is 10.6 Å². The van der Waals surface area contributed by atoms with E-state index in [1.807, 2.05) is 18.2 Å². The molecule has 0 aromatic carbocycles. The molecule has 0 bridgehead atoms. The van der Waals surface area contributed by atoms with Crippen molar-refractivity contribution in [2.45, 2.75) is 19.8 Å². The zero-order valence-electron chi connectivity index (χ0n) is 10.5. The summed E-state index contributed by atoms with van der Waals surface area (Å²) in [7, 11) is 0. The summed E-state index contributed by atoms with van der Waals surface area (Å²) in [6.07, 6.45) is 5.17. The van der Waals surface area contributed by atoms with Crippen LogP contribution in [0.25, 0.3) is 0 Å². The third kappa shape index (κ3) is 3.76. The fourth-order valence-corrected chi connectivity index (χ4v) is 1.57. The third-order valence-corrected chi connectivity index (χ3v) is 2.48. The maximum Gasteiger partial charge on any atom is 0.131 e. The molecule has 0 spiro atoms. The van der Waals surface area contributed by atoms with Crippen LogP contribution in [0.5, 0.6) is 0 Å². The van der Waals surface area contributed by atoms with Gasteiger partial charge in [0.1, 0.15) is 23.7 Å². The first-order valence-electron chi connectivity index (χ1n) is 6.20. The summed E-state index contributed by atoms with van der Waals surface area (Å²) >= 11 is 0. The molecule has 5 heteroatoms. The van der Waals surface area contributed by atoms with E-state index in [0.29, 0.717) is 0 Å². The van der Waals surface area contributed by atoms with Crippen molar-refractivity contribution in [2.24, 2.45) is 0 Å². The molecule has 0 fully saturated rings. The Labute approximate surface area is 107 Å². The van der Waals surface area contributed by atoms with E-state index in [4.69, 9.17) is 4.42 Å². The topological polar surface area (TPSA) is 63.0 Å². The molecule has 0 aliphatic rings. The van der Waals surface area contributed by atoms with Crippen LogP contribution in [0.4, 0.5) is 11.6 Å². The summed E-state index contributed by atoms with van der Waals surface area (Å²) in [4.78, 5) is 8.33. The van der Waals surface area contributed by atoms with Gasteiger partial charge in [0.2, 0.25) is 0 Å². The Morgan fingerprint density at radius 3 is 2.61 bits per heavy atom. The maximum atomic E-state index is 5.26. The molecule has 2 heterocycles. The second-order valence-corrected chi connectivity index (χ2v) is 3.97. The maximum absolute atomic E-state index is 5.26. The number of hydrogen-bond acceptors (Lipinski definition) is 5. The van der Waals surface area contributed by atoms with E-state index in [9.17, 15) is 0 Å². The number of hydrogen-bond donors (Lipinski definition) is 2. The highest BCUT2D eigenvalue weighted by molar-refractivity contribution is 5.46. The standard InChI is InChI=1S/C13H18N4O/c1-2-6-14-12-9-13(17-10-16-12)15-7-5-11-4-3-8-18-11/h3-4,8-10H,2,5-7H2,1H3,(H2,14,15,16,17). The summed E-state index contributed by atoms with van der Waals surface area (Å²) in [6, 6.07) is 5.78. The first-order chi connectivity index (χ1) is 8.88. The normalized spacial score (nSPS) is 10.3. The first kappa shape index (κ1) is 12.4. The first-order valence-corrected chi connectivity index (χ1v) is 6.20. The average molecular weight is 246 g/mol. The lowest BCUT2D eigenvalue weighted by Gasteiger charge is -2.07. The number of nitrogens with zero attached hydrogens (tertiary/aromatic N) is 2. The second kappa shape index (κ2) is 6.64. The van der Waals surface area contributed by atoms with Gasteiger partial charge in [-0.2, -0.15) is 0 Å². The predicted octanol–water partition coefficient (Wildman–Crippen LogP) is 2.55. The van der Waals surface area contributed by atoms with Gasteiger partial charge in [-0.15, -0.1) is 0 Å². The Balaban J connectivity index is 1.81. The van der Waals surface area contributed by atoms with Gasteiger partial charge in [-0.1, -0.05) is 6.92 Å². The van der Waals surface area contributed by atoms with Crippen molar-refractivity contribution >= 4 is 11.6 Å².